The predicted octanol–water partition coefficient (Wildman–Crippen LogP) is 4.56. The van der Waals surface area contributed by atoms with Crippen molar-refractivity contribution in [1.29, 1.82) is 0 Å². The quantitative estimate of drug-likeness (QED) is 0.259. The molecule has 2 aromatic carbocycles. The van der Waals surface area contributed by atoms with Crippen molar-refractivity contribution in [2.75, 3.05) is 5.32 Å². The summed E-state index contributed by atoms with van der Waals surface area (Å²) in [6.07, 6.45) is -3.44. The van der Waals surface area contributed by atoms with Gasteiger partial charge in [0, 0.05) is 11.9 Å². The van der Waals surface area contributed by atoms with Gasteiger partial charge >= 0.3 is 6.36 Å². The molecule has 3 aromatic rings. The number of aromatic nitrogens is 1. The molecule has 1 heterocycles. The number of alkyl halides is 3. The number of anilines is 1. The topological polar surface area (TPSA) is 131 Å². The summed E-state index contributed by atoms with van der Waals surface area (Å²) in [5.74, 6) is -0.921. The predicted molar refractivity (Wildman–Crippen MR) is 119 cm³/mol. The molecule has 0 spiro atoms. The molecule has 0 unspecified atom stereocenters. The molecule has 0 saturated heterocycles. The van der Waals surface area contributed by atoms with Crippen LogP contribution in [-0.2, 0) is 16.6 Å². The second-order valence-electron chi connectivity index (χ2n) is 6.47. The molecule has 174 valence electrons. The van der Waals surface area contributed by atoms with E-state index in [9.17, 15) is 26.7 Å². The maximum Gasteiger partial charge on any atom is 0.573 e. The van der Waals surface area contributed by atoms with Crippen LogP contribution in [0.25, 0.3) is 10.9 Å². The third kappa shape index (κ3) is 5.66. The van der Waals surface area contributed by atoms with Crippen molar-refractivity contribution in [1.82, 2.24) is 4.57 Å². The number of thiocarbonyl (C=S) groups is 1. The highest BCUT2D eigenvalue weighted by molar-refractivity contribution is 7.89. The Bertz CT molecular complexity index is 1370. The first-order valence-electron chi connectivity index (χ1n) is 8.97. The van der Waals surface area contributed by atoms with Gasteiger partial charge < -0.3 is 19.7 Å². The Morgan fingerprint density at radius 2 is 2.00 bits per heavy atom. The zero-order chi connectivity index (χ0) is 24.4. The van der Waals surface area contributed by atoms with Crippen LogP contribution in [-0.4, -0.2) is 29.6 Å². The number of allylic oxidation sites excluding steroid dienone is 1. The lowest BCUT2D eigenvalue weighted by Crippen LogP contribution is -2.16. The van der Waals surface area contributed by atoms with Crippen molar-refractivity contribution in [3.05, 3.63) is 55.1 Å². The Balaban J connectivity index is 1.99. The van der Waals surface area contributed by atoms with Crippen LogP contribution in [0.1, 0.15) is 0 Å². The van der Waals surface area contributed by atoms with Gasteiger partial charge in [-0.25, -0.2) is 13.6 Å². The summed E-state index contributed by atoms with van der Waals surface area (Å²) >= 11 is 5.05. The summed E-state index contributed by atoms with van der Waals surface area (Å²) in [6.45, 7) is 3.71. The van der Waals surface area contributed by atoms with Gasteiger partial charge in [-0.3, -0.25) is 0 Å². The number of primary sulfonamides is 1. The Kier molecular flexibility index (Phi) is 6.71. The number of rotatable bonds is 6. The summed E-state index contributed by atoms with van der Waals surface area (Å²) in [7, 11) is -4.06. The van der Waals surface area contributed by atoms with Gasteiger partial charge in [-0.05, 0) is 42.5 Å². The SMILES string of the molecule is C=CCn1c(O)c(N=NC(=S)Nc2ccccc2S(N)(=O)=O)c2cc(OC(F)(F)F)ccc21. The summed E-state index contributed by atoms with van der Waals surface area (Å²) in [5, 5.41) is 25.7. The molecule has 0 saturated carbocycles. The lowest BCUT2D eigenvalue weighted by atomic mass is 10.2. The third-order valence-electron chi connectivity index (χ3n) is 4.20. The van der Waals surface area contributed by atoms with Crippen LogP contribution in [0.3, 0.4) is 0 Å². The minimum atomic E-state index is -4.91. The van der Waals surface area contributed by atoms with E-state index in [0.717, 1.165) is 12.1 Å². The standard InChI is InChI=1S/C19H16F3N5O4S2/c1-2-9-27-14-8-7-11(31-19(20,21)22)10-12(14)16(17(27)28)25-26-18(32)24-13-5-3-4-6-15(13)33(23,29)30/h2-8,10,28H,1,9H2,(H,24,32)(H2,23,29,30). The molecule has 3 rings (SSSR count). The smallest absolute Gasteiger partial charge is 0.493 e. The van der Waals surface area contributed by atoms with Gasteiger partial charge in [-0.1, -0.05) is 18.2 Å². The second kappa shape index (κ2) is 9.17. The van der Waals surface area contributed by atoms with E-state index >= 15 is 0 Å². The van der Waals surface area contributed by atoms with E-state index in [-0.39, 0.29) is 33.3 Å². The van der Waals surface area contributed by atoms with Gasteiger partial charge in [0.15, 0.2) is 5.69 Å². The number of nitrogens with zero attached hydrogens (tertiary/aromatic N) is 3. The van der Waals surface area contributed by atoms with E-state index in [2.05, 4.69) is 26.9 Å². The zero-order valence-corrected chi connectivity index (χ0v) is 18.2. The van der Waals surface area contributed by atoms with E-state index in [1.54, 1.807) is 0 Å². The summed E-state index contributed by atoms with van der Waals surface area (Å²) in [6, 6.07) is 9.10. The number of aromatic hydroxyl groups is 1. The van der Waals surface area contributed by atoms with Crippen LogP contribution in [0.15, 0.2) is 70.2 Å². The van der Waals surface area contributed by atoms with Crippen LogP contribution < -0.4 is 15.2 Å². The summed E-state index contributed by atoms with van der Waals surface area (Å²) in [4.78, 5) is -0.234. The lowest BCUT2D eigenvalue weighted by molar-refractivity contribution is -0.274. The third-order valence-corrected chi connectivity index (χ3v) is 5.36. The lowest BCUT2D eigenvalue weighted by Gasteiger charge is -2.09. The van der Waals surface area contributed by atoms with Crippen molar-refractivity contribution in [2.24, 2.45) is 15.4 Å². The highest BCUT2D eigenvalue weighted by Gasteiger charge is 2.31. The molecule has 4 N–H and O–H groups in total. The molecule has 0 aliphatic rings. The fourth-order valence-electron chi connectivity index (χ4n) is 2.97. The summed E-state index contributed by atoms with van der Waals surface area (Å²) < 4.78 is 66.5. The number of fused-ring (bicyclic) bond motifs is 1. The number of halogens is 3. The van der Waals surface area contributed by atoms with Gasteiger partial charge in [-0.2, -0.15) is 0 Å². The van der Waals surface area contributed by atoms with Crippen LogP contribution in [0, 0.1) is 0 Å². The minimum absolute atomic E-state index is 0.0446. The molecule has 9 nitrogen and oxygen atoms in total. The molecule has 0 bridgehead atoms. The number of sulfonamides is 1. The fraction of sp³-hybridized carbons (Fsp3) is 0.105. The Labute approximate surface area is 191 Å². The highest BCUT2D eigenvalue weighted by atomic mass is 32.2. The van der Waals surface area contributed by atoms with Gasteiger partial charge in [0.2, 0.25) is 21.0 Å². The maximum atomic E-state index is 12.6. The number of hydrogen-bond acceptors (Lipinski definition) is 6. The fourth-order valence-corrected chi connectivity index (χ4v) is 3.81. The molecule has 0 amide bonds. The van der Waals surface area contributed by atoms with Crippen molar-refractivity contribution < 1.29 is 31.4 Å². The molecule has 0 radical (unpaired) electrons. The van der Waals surface area contributed by atoms with E-state index in [1.165, 1.54) is 41.0 Å². The summed E-state index contributed by atoms with van der Waals surface area (Å²) in [5.41, 5.74) is 0.209. The molecule has 1 aromatic heterocycles. The molecule has 0 atom stereocenters. The van der Waals surface area contributed by atoms with Gasteiger partial charge in [0.05, 0.1) is 11.2 Å². The normalized spacial score (nSPS) is 12.2. The van der Waals surface area contributed by atoms with Crippen LogP contribution in [0.5, 0.6) is 11.6 Å². The van der Waals surface area contributed by atoms with Crippen molar-refractivity contribution in [2.45, 2.75) is 17.8 Å². The van der Waals surface area contributed by atoms with E-state index in [4.69, 9.17) is 17.4 Å². The Morgan fingerprint density at radius 3 is 2.64 bits per heavy atom. The first-order chi connectivity index (χ1) is 15.4. The second-order valence-corrected chi connectivity index (χ2v) is 8.39. The van der Waals surface area contributed by atoms with Crippen molar-refractivity contribution in [3.8, 4) is 11.6 Å². The van der Waals surface area contributed by atoms with Crippen LogP contribution >= 0.6 is 12.2 Å². The monoisotopic (exact) mass is 499 g/mol. The molecule has 14 heteroatoms. The first-order valence-corrected chi connectivity index (χ1v) is 10.9. The van der Waals surface area contributed by atoms with E-state index < -0.39 is 28.0 Å². The van der Waals surface area contributed by atoms with Crippen LogP contribution in [0.4, 0.5) is 24.5 Å². The number of nitrogens with two attached hydrogens (primary N) is 1. The van der Waals surface area contributed by atoms with Gasteiger partial charge in [0.25, 0.3) is 0 Å². The average Bonchev–Trinajstić information content (AvgIpc) is 2.96. The van der Waals surface area contributed by atoms with Gasteiger partial charge in [-0.15, -0.1) is 30.0 Å². The van der Waals surface area contributed by atoms with E-state index in [0.29, 0.717) is 5.52 Å². The average molecular weight is 499 g/mol. The minimum Gasteiger partial charge on any atom is -0.493 e. The number of nitrogens with one attached hydrogen (secondary N) is 1. The number of hydrogen-bond donors (Lipinski definition) is 3. The zero-order valence-electron chi connectivity index (χ0n) is 16.6. The largest absolute Gasteiger partial charge is 0.573 e. The Hall–Kier alpha value is -3.49. The molecular formula is C19H16F3N5O4S2. The number of ether oxygens (including phenoxy) is 1. The molecule has 0 aliphatic carbocycles. The molecule has 33 heavy (non-hydrogen) atoms. The maximum absolute atomic E-state index is 12.6. The number of azo groups is 1. The molecule has 0 fully saturated rings. The first kappa shape index (κ1) is 24.2. The van der Waals surface area contributed by atoms with E-state index in [1.807, 2.05) is 0 Å². The van der Waals surface area contributed by atoms with Crippen molar-refractivity contribution in [3.63, 3.8) is 0 Å². The number of para-hydroxylation sites is 1. The van der Waals surface area contributed by atoms with Crippen LogP contribution in [0.2, 0.25) is 0 Å². The molecular weight excluding hydrogens is 483 g/mol. The van der Waals surface area contributed by atoms with Gasteiger partial charge in [0.1, 0.15) is 10.6 Å². The highest BCUT2D eigenvalue weighted by Crippen LogP contribution is 2.41. The molecule has 0 aliphatic heterocycles. The number of benzene rings is 2. The Morgan fingerprint density at radius 1 is 1.30 bits per heavy atom. The van der Waals surface area contributed by atoms with Crippen molar-refractivity contribution >= 4 is 49.6 Å².